The Bertz CT molecular complexity index is 519. The minimum Gasteiger partial charge on any atom is -0.381 e. The van der Waals surface area contributed by atoms with Gasteiger partial charge < -0.3 is 15.4 Å². The largest absolute Gasteiger partial charge is 0.381 e. The summed E-state index contributed by atoms with van der Waals surface area (Å²) in [7, 11) is 0. The van der Waals surface area contributed by atoms with Crippen molar-refractivity contribution < 1.29 is 9.53 Å². The molecule has 0 aromatic heterocycles. The van der Waals surface area contributed by atoms with E-state index < -0.39 is 0 Å². The van der Waals surface area contributed by atoms with Gasteiger partial charge in [-0.05, 0) is 24.3 Å². The third-order valence-electron chi connectivity index (χ3n) is 5.20. The first-order valence-corrected chi connectivity index (χ1v) is 9.11. The highest BCUT2D eigenvalue weighted by Crippen LogP contribution is 2.18. The van der Waals surface area contributed by atoms with Gasteiger partial charge in [-0.15, -0.1) is 24.8 Å². The first kappa shape index (κ1) is 23.2. The van der Waals surface area contributed by atoms with E-state index in [2.05, 4.69) is 4.90 Å². The first-order valence-electron chi connectivity index (χ1n) is 9.11. The Morgan fingerprint density at radius 2 is 1.69 bits per heavy atom. The van der Waals surface area contributed by atoms with E-state index in [4.69, 9.17) is 10.5 Å². The Kier molecular flexibility index (Phi) is 10.5. The van der Waals surface area contributed by atoms with Gasteiger partial charge in [0.05, 0.1) is 0 Å². The van der Waals surface area contributed by atoms with Crippen LogP contribution in [0.1, 0.15) is 30.9 Å². The molecular weight excluding hydrogens is 373 g/mol. The third-order valence-corrected chi connectivity index (χ3v) is 5.20. The van der Waals surface area contributed by atoms with Crippen molar-refractivity contribution >= 4 is 30.7 Å². The molecule has 1 amide bonds. The molecule has 0 saturated carbocycles. The van der Waals surface area contributed by atoms with E-state index in [1.165, 1.54) is 12.8 Å². The number of piperazine rings is 1. The summed E-state index contributed by atoms with van der Waals surface area (Å²) in [6.07, 6.45) is 2.74. The summed E-state index contributed by atoms with van der Waals surface area (Å²) in [6.45, 7) is 6.55. The molecule has 2 saturated heterocycles. The fourth-order valence-electron chi connectivity index (χ4n) is 3.61. The van der Waals surface area contributed by atoms with Crippen LogP contribution in [-0.4, -0.2) is 61.6 Å². The number of halogens is 2. The predicted molar refractivity (Wildman–Crippen MR) is 109 cm³/mol. The average Bonchev–Trinajstić information content (AvgIpc) is 2.64. The molecule has 1 unspecified atom stereocenters. The molecule has 2 aliphatic rings. The minimum atomic E-state index is -0.209. The van der Waals surface area contributed by atoms with Crippen LogP contribution < -0.4 is 5.73 Å². The van der Waals surface area contributed by atoms with Crippen LogP contribution in [0.5, 0.6) is 0 Å². The van der Waals surface area contributed by atoms with E-state index in [1.807, 2.05) is 35.2 Å². The van der Waals surface area contributed by atoms with Crippen molar-refractivity contribution in [1.82, 2.24) is 9.80 Å². The molecule has 0 bridgehead atoms. The molecule has 2 fully saturated rings. The van der Waals surface area contributed by atoms with Crippen molar-refractivity contribution in [3.8, 4) is 0 Å². The van der Waals surface area contributed by atoms with Gasteiger partial charge in [0.25, 0.3) is 0 Å². The first-order chi connectivity index (χ1) is 11.7. The second-order valence-corrected chi connectivity index (χ2v) is 6.96. The van der Waals surface area contributed by atoms with Gasteiger partial charge in [-0.3, -0.25) is 9.69 Å². The molecule has 1 aromatic rings. The SMILES string of the molecule is Cl.Cl.NC(CC(=O)N1CCN(CC2CCOCC2)CC1)c1ccccc1. The number of nitrogens with two attached hydrogens (primary N) is 1. The van der Waals surface area contributed by atoms with Gasteiger partial charge in [-0.25, -0.2) is 0 Å². The van der Waals surface area contributed by atoms with Crippen LogP contribution in [0.2, 0.25) is 0 Å². The van der Waals surface area contributed by atoms with Crippen molar-refractivity contribution in [2.24, 2.45) is 11.7 Å². The fraction of sp³-hybridized carbons (Fsp3) is 0.632. The molecule has 1 atom stereocenters. The summed E-state index contributed by atoms with van der Waals surface area (Å²) < 4.78 is 5.43. The lowest BCUT2D eigenvalue weighted by Gasteiger charge is -2.37. The van der Waals surface area contributed by atoms with Gasteiger partial charge >= 0.3 is 0 Å². The molecule has 5 nitrogen and oxygen atoms in total. The van der Waals surface area contributed by atoms with Crippen LogP contribution in [0.4, 0.5) is 0 Å². The third kappa shape index (κ3) is 6.71. The summed E-state index contributed by atoms with van der Waals surface area (Å²) >= 11 is 0. The monoisotopic (exact) mass is 403 g/mol. The second-order valence-electron chi connectivity index (χ2n) is 6.96. The molecule has 148 valence electrons. The zero-order valence-corrected chi connectivity index (χ0v) is 16.9. The normalized spacial score (nSPS) is 20.0. The van der Waals surface area contributed by atoms with Crippen molar-refractivity contribution in [2.75, 3.05) is 45.9 Å². The molecule has 2 N–H and O–H groups in total. The zero-order chi connectivity index (χ0) is 16.8. The molecule has 3 rings (SSSR count). The lowest BCUT2D eigenvalue weighted by atomic mass is 9.99. The standard InChI is InChI=1S/C19H29N3O2.2ClH/c20-18(17-4-2-1-3-5-17)14-19(23)22-10-8-21(9-11-22)15-16-6-12-24-13-7-16;;/h1-5,16,18H,6-15,20H2;2*1H. The van der Waals surface area contributed by atoms with Crippen molar-refractivity contribution in [3.63, 3.8) is 0 Å². The Labute approximate surface area is 169 Å². The average molecular weight is 404 g/mol. The number of carbonyl (C=O) groups is 1. The number of hydrogen-bond donors (Lipinski definition) is 1. The summed E-state index contributed by atoms with van der Waals surface area (Å²) in [5, 5.41) is 0. The summed E-state index contributed by atoms with van der Waals surface area (Å²) in [4.78, 5) is 17.0. The van der Waals surface area contributed by atoms with Crippen LogP contribution in [0.15, 0.2) is 30.3 Å². The molecular formula is C19H31Cl2N3O2. The molecule has 26 heavy (non-hydrogen) atoms. The molecule has 0 spiro atoms. The van der Waals surface area contributed by atoms with Gasteiger partial charge in [0, 0.05) is 58.4 Å². The lowest BCUT2D eigenvalue weighted by Crippen LogP contribution is -2.50. The minimum absolute atomic E-state index is 0. The van der Waals surface area contributed by atoms with E-state index in [9.17, 15) is 4.79 Å². The van der Waals surface area contributed by atoms with E-state index in [1.54, 1.807) is 0 Å². The Balaban J connectivity index is 0.00000169. The highest BCUT2D eigenvalue weighted by Gasteiger charge is 2.25. The molecule has 7 heteroatoms. The summed E-state index contributed by atoms with van der Waals surface area (Å²) in [5.74, 6) is 0.935. The Morgan fingerprint density at radius 1 is 1.08 bits per heavy atom. The number of rotatable bonds is 5. The molecule has 2 aliphatic heterocycles. The van der Waals surface area contributed by atoms with Crippen LogP contribution in [0, 0.1) is 5.92 Å². The molecule has 1 aromatic carbocycles. The van der Waals surface area contributed by atoms with Crippen molar-refractivity contribution in [2.45, 2.75) is 25.3 Å². The van der Waals surface area contributed by atoms with E-state index in [-0.39, 0.29) is 36.8 Å². The van der Waals surface area contributed by atoms with Gasteiger partial charge in [-0.2, -0.15) is 0 Å². The number of benzene rings is 1. The molecule has 0 radical (unpaired) electrons. The predicted octanol–water partition coefficient (Wildman–Crippen LogP) is 2.49. The topological polar surface area (TPSA) is 58.8 Å². The number of ether oxygens (including phenoxy) is 1. The van der Waals surface area contributed by atoms with E-state index in [0.29, 0.717) is 6.42 Å². The van der Waals surface area contributed by atoms with Crippen LogP contribution >= 0.6 is 24.8 Å². The van der Waals surface area contributed by atoms with E-state index >= 15 is 0 Å². The van der Waals surface area contributed by atoms with Crippen molar-refractivity contribution in [1.29, 1.82) is 0 Å². The molecule has 0 aliphatic carbocycles. The van der Waals surface area contributed by atoms with Crippen molar-refractivity contribution in [3.05, 3.63) is 35.9 Å². The second kappa shape index (κ2) is 11.8. The van der Waals surface area contributed by atoms with Gasteiger partial charge in [0.2, 0.25) is 5.91 Å². The lowest BCUT2D eigenvalue weighted by molar-refractivity contribution is -0.133. The maximum atomic E-state index is 12.5. The Morgan fingerprint density at radius 3 is 2.31 bits per heavy atom. The zero-order valence-electron chi connectivity index (χ0n) is 15.2. The maximum absolute atomic E-state index is 12.5. The van der Waals surface area contributed by atoms with Crippen LogP contribution in [-0.2, 0) is 9.53 Å². The summed E-state index contributed by atoms with van der Waals surface area (Å²) in [5.41, 5.74) is 7.22. The number of hydrogen-bond acceptors (Lipinski definition) is 4. The highest BCUT2D eigenvalue weighted by atomic mass is 35.5. The van der Waals surface area contributed by atoms with Crippen LogP contribution in [0.25, 0.3) is 0 Å². The number of amides is 1. The number of nitrogens with zero attached hydrogens (tertiary/aromatic N) is 2. The Hall–Kier alpha value is -0.850. The van der Waals surface area contributed by atoms with Gasteiger partial charge in [0.1, 0.15) is 0 Å². The smallest absolute Gasteiger partial charge is 0.224 e. The maximum Gasteiger partial charge on any atom is 0.224 e. The van der Waals surface area contributed by atoms with E-state index in [0.717, 1.165) is 57.4 Å². The highest BCUT2D eigenvalue weighted by molar-refractivity contribution is 5.85. The fourth-order valence-corrected chi connectivity index (χ4v) is 3.61. The summed E-state index contributed by atoms with van der Waals surface area (Å²) in [6, 6.07) is 9.67. The van der Waals surface area contributed by atoms with Crippen LogP contribution in [0.3, 0.4) is 0 Å². The molecule has 2 heterocycles. The van der Waals surface area contributed by atoms with Gasteiger partial charge in [0.15, 0.2) is 0 Å². The number of carbonyl (C=O) groups excluding carboxylic acids is 1. The quantitative estimate of drug-likeness (QED) is 0.819. The van der Waals surface area contributed by atoms with Gasteiger partial charge in [-0.1, -0.05) is 30.3 Å².